The van der Waals surface area contributed by atoms with Crippen LogP contribution in [-0.2, 0) is 16.0 Å². The molecule has 3 rings (SSSR count). The van der Waals surface area contributed by atoms with Crippen molar-refractivity contribution < 1.29 is 14.4 Å². The molecule has 0 saturated carbocycles. The van der Waals surface area contributed by atoms with E-state index in [4.69, 9.17) is 28.9 Å². The Morgan fingerprint density at radius 2 is 1.52 bits per heavy atom. The molecule has 8 heteroatoms. The summed E-state index contributed by atoms with van der Waals surface area (Å²) in [5.74, 6) is -1.83. The number of para-hydroxylation sites is 1. The Kier molecular flexibility index (Phi) is 8.22. The fourth-order valence-corrected chi connectivity index (χ4v) is 3.72. The first-order valence-electron chi connectivity index (χ1n) is 10.2. The van der Waals surface area contributed by atoms with Crippen molar-refractivity contribution in [3.05, 3.63) is 100 Å². The van der Waals surface area contributed by atoms with Gasteiger partial charge in [-0.15, -0.1) is 0 Å². The minimum absolute atomic E-state index is 0.137. The van der Waals surface area contributed by atoms with Crippen LogP contribution in [0.4, 0.5) is 5.69 Å². The van der Waals surface area contributed by atoms with E-state index in [-0.39, 0.29) is 17.0 Å². The van der Waals surface area contributed by atoms with E-state index in [2.05, 4.69) is 5.32 Å². The molecule has 33 heavy (non-hydrogen) atoms. The summed E-state index contributed by atoms with van der Waals surface area (Å²) in [5.41, 5.74) is 7.59. The largest absolute Gasteiger partial charge is 0.326 e. The van der Waals surface area contributed by atoms with Crippen LogP contribution in [0.1, 0.15) is 15.9 Å². The molecule has 0 spiro atoms. The van der Waals surface area contributed by atoms with Gasteiger partial charge >= 0.3 is 0 Å². The lowest BCUT2D eigenvalue weighted by Gasteiger charge is -2.29. The normalized spacial score (nSPS) is 12.5. The first-order chi connectivity index (χ1) is 15.8. The van der Waals surface area contributed by atoms with Gasteiger partial charge in [-0.05, 0) is 48.4 Å². The molecule has 0 bridgehead atoms. The van der Waals surface area contributed by atoms with Crippen LogP contribution in [0, 0.1) is 0 Å². The van der Waals surface area contributed by atoms with Crippen LogP contribution in [0.25, 0.3) is 0 Å². The number of carbonyl (C=O) groups is 3. The lowest BCUT2D eigenvalue weighted by molar-refractivity contribution is -0.136. The van der Waals surface area contributed by atoms with Gasteiger partial charge in [-0.25, -0.2) is 0 Å². The SMILES string of the molecule is CN(C(=O)[C@@H](N)Cc1ccc(Cl)cc1)[C@H](C(=O)Nc1ccccc1)C(=O)c1ccccc1Cl. The number of carbonyl (C=O) groups excluding carboxylic acids is 3. The molecule has 3 N–H and O–H groups in total. The van der Waals surface area contributed by atoms with Crippen LogP contribution in [-0.4, -0.2) is 41.6 Å². The molecule has 3 aromatic carbocycles. The van der Waals surface area contributed by atoms with E-state index in [1.165, 1.54) is 13.1 Å². The number of ketones is 1. The van der Waals surface area contributed by atoms with E-state index in [9.17, 15) is 14.4 Å². The minimum atomic E-state index is -1.46. The van der Waals surface area contributed by atoms with Crippen molar-refractivity contribution in [1.82, 2.24) is 4.90 Å². The first kappa shape index (κ1) is 24.5. The van der Waals surface area contributed by atoms with Crippen molar-refractivity contribution in [1.29, 1.82) is 0 Å². The highest BCUT2D eigenvalue weighted by atomic mass is 35.5. The molecule has 0 aromatic heterocycles. The van der Waals surface area contributed by atoms with Crippen molar-refractivity contribution >= 4 is 46.5 Å². The molecule has 3 aromatic rings. The number of halogens is 2. The van der Waals surface area contributed by atoms with Crippen molar-refractivity contribution in [2.45, 2.75) is 18.5 Å². The van der Waals surface area contributed by atoms with Gasteiger partial charge in [0.2, 0.25) is 5.91 Å². The highest BCUT2D eigenvalue weighted by molar-refractivity contribution is 6.35. The van der Waals surface area contributed by atoms with Gasteiger partial charge in [0.1, 0.15) is 0 Å². The quantitative estimate of drug-likeness (QED) is 0.370. The summed E-state index contributed by atoms with van der Waals surface area (Å²) in [6.07, 6.45) is 0.216. The summed E-state index contributed by atoms with van der Waals surface area (Å²) < 4.78 is 0. The second kappa shape index (κ2) is 11.1. The Hall–Kier alpha value is -3.19. The number of amides is 2. The number of benzene rings is 3. The molecular weight excluding hydrogens is 461 g/mol. The number of likely N-dealkylation sites (N-methyl/N-ethyl adjacent to an activating group) is 1. The fourth-order valence-electron chi connectivity index (χ4n) is 3.36. The molecule has 0 heterocycles. The predicted octanol–water partition coefficient (Wildman–Crippen LogP) is 4.21. The zero-order valence-corrected chi connectivity index (χ0v) is 19.4. The van der Waals surface area contributed by atoms with E-state index >= 15 is 0 Å². The molecule has 6 nitrogen and oxygen atoms in total. The zero-order chi connectivity index (χ0) is 24.0. The topological polar surface area (TPSA) is 92.5 Å². The maximum Gasteiger partial charge on any atom is 0.255 e. The molecule has 0 fully saturated rings. The van der Waals surface area contributed by atoms with E-state index in [0.717, 1.165) is 10.5 Å². The van der Waals surface area contributed by atoms with Crippen LogP contribution in [0.3, 0.4) is 0 Å². The maximum atomic E-state index is 13.4. The Labute approximate surface area is 202 Å². The maximum absolute atomic E-state index is 13.4. The molecule has 0 aliphatic heterocycles. The first-order valence-corrected chi connectivity index (χ1v) is 10.9. The van der Waals surface area contributed by atoms with Gasteiger partial charge in [0.05, 0.1) is 11.1 Å². The number of Topliss-reactive ketones (excluding diaryl/α,β-unsaturated/α-hetero) is 1. The lowest BCUT2D eigenvalue weighted by Crippen LogP contribution is -2.54. The van der Waals surface area contributed by atoms with E-state index in [0.29, 0.717) is 10.7 Å². The molecular formula is C25H23Cl2N3O3. The van der Waals surface area contributed by atoms with E-state index in [1.54, 1.807) is 72.8 Å². The van der Waals surface area contributed by atoms with Gasteiger partial charge < -0.3 is 16.0 Å². The average molecular weight is 484 g/mol. The van der Waals surface area contributed by atoms with Crippen LogP contribution >= 0.6 is 23.2 Å². The summed E-state index contributed by atoms with van der Waals surface area (Å²) in [4.78, 5) is 40.8. The lowest BCUT2D eigenvalue weighted by atomic mass is 10.00. The zero-order valence-electron chi connectivity index (χ0n) is 17.9. The molecule has 0 radical (unpaired) electrons. The summed E-state index contributed by atoms with van der Waals surface area (Å²) >= 11 is 12.1. The van der Waals surface area contributed by atoms with Gasteiger partial charge in [-0.3, -0.25) is 14.4 Å². The molecule has 170 valence electrons. The van der Waals surface area contributed by atoms with E-state index < -0.39 is 29.7 Å². The third-order valence-corrected chi connectivity index (χ3v) is 5.68. The monoisotopic (exact) mass is 483 g/mol. The number of rotatable bonds is 8. The van der Waals surface area contributed by atoms with Crippen LogP contribution in [0.5, 0.6) is 0 Å². The summed E-state index contributed by atoms with van der Waals surface area (Å²) in [6.45, 7) is 0. The molecule has 0 unspecified atom stereocenters. The van der Waals surface area contributed by atoms with Crippen molar-refractivity contribution in [3.8, 4) is 0 Å². The smallest absolute Gasteiger partial charge is 0.255 e. The van der Waals surface area contributed by atoms with Gasteiger partial charge in [-0.1, -0.05) is 65.7 Å². The van der Waals surface area contributed by atoms with Crippen molar-refractivity contribution in [2.24, 2.45) is 5.73 Å². The highest BCUT2D eigenvalue weighted by Crippen LogP contribution is 2.20. The van der Waals surface area contributed by atoms with Crippen molar-refractivity contribution in [2.75, 3.05) is 12.4 Å². The third-order valence-electron chi connectivity index (χ3n) is 5.10. The third kappa shape index (κ3) is 6.20. The average Bonchev–Trinajstić information content (AvgIpc) is 2.81. The van der Waals surface area contributed by atoms with Gasteiger partial charge in [0.25, 0.3) is 5.91 Å². The summed E-state index contributed by atoms with van der Waals surface area (Å²) in [6, 6.07) is 19.5. The summed E-state index contributed by atoms with van der Waals surface area (Å²) in [7, 11) is 1.38. The van der Waals surface area contributed by atoms with Crippen molar-refractivity contribution in [3.63, 3.8) is 0 Å². The number of nitrogens with one attached hydrogen (secondary N) is 1. The Bertz CT molecular complexity index is 1140. The number of hydrogen-bond donors (Lipinski definition) is 2. The number of nitrogens with zero attached hydrogens (tertiary/aromatic N) is 1. The second-order valence-electron chi connectivity index (χ2n) is 7.49. The number of hydrogen-bond acceptors (Lipinski definition) is 4. The molecule has 2 atom stereocenters. The van der Waals surface area contributed by atoms with Crippen LogP contribution in [0.15, 0.2) is 78.9 Å². The van der Waals surface area contributed by atoms with Gasteiger partial charge in [0.15, 0.2) is 11.8 Å². The van der Waals surface area contributed by atoms with Gasteiger partial charge in [-0.2, -0.15) is 0 Å². The molecule has 0 aliphatic carbocycles. The highest BCUT2D eigenvalue weighted by Gasteiger charge is 2.36. The standard InChI is InChI=1S/C25H23Cl2N3O3/c1-30(25(33)21(28)15-16-11-13-17(26)14-12-16)22(23(31)19-9-5-6-10-20(19)27)24(32)29-18-7-3-2-4-8-18/h2-14,21-22H,15,28H2,1H3,(H,29,32)/t21-,22-/m0/s1. The Morgan fingerprint density at radius 3 is 2.15 bits per heavy atom. The number of nitrogens with two attached hydrogens (primary N) is 1. The molecule has 0 aliphatic rings. The molecule has 2 amide bonds. The van der Waals surface area contributed by atoms with E-state index in [1.807, 2.05) is 0 Å². The van der Waals surface area contributed by atoms with Crippen LogP contribution in [0.2, 0.25) is 10.0 Å². The Morgan fingerprint density at radius 1 is 0.909 bits per heavy atom. The Balaban J connectivity index is 1.87. The second-order valence-corrected chi connectivity index (χ2v) is 8.33. The minimum Gasteiger partial charge on any atom is -0.326 e. The van der Waals surface area contributed by atoms with Crippen LogP contribution < -0.4 is 11.1 Å². The van der Waals surface area contributed by atoms with Gasteiger partial charge in [0, 0.05) is 23.3 Å². The number of anilines is 1. The predicted molar refractivity (Wildman–Crippen MR) is 131 cm³/mol. The summed E-state index contributed by atoms with van der Waals surface area (Å²) in [5, 5.41) is 3.45. The fraction of sp³-hybridized carbons (Fsp3) is 0.160. The molecule has 0 saturated heterocycles.